The smallest absolute Gasteiger partial charge is 0.328 e. The van der Waals surface area contributed by atoms with Crippen molar-refractivity contribution in [1.29, 1.82) is 0 Å². The molecule has 0 aliphatic carbocycles. The molecule has 0 saturated carbocycles. The molecule has 0 unspecified atom stereocenters. The molecule has 2 rings (SSSR count). The van der Waals surface area contributed by atoms with Crippen LogP contribution in [0.3, 0.4) is 0 Å². The van der Waals surface area contributed by atoms with E-state index in [1.807, 2.05) is 33.8 Å². The van der Waals surface area contributed by atoms with Gasteiger partial charge in [-0.05, 0) is 39.8 Å². The van der Waals surface area contributed by atoms with Gasteiger partial charge in [-0.3, -0.25) is 0 Å². The number of nitrogen functional groups attached to an aromatic ring is 1. The van der Waals surface area contributed by atoms with E-state index in [1.165, 1.54) is 0 Å². The van der Waals surface area contributed by atoms with Gasteiger partial charge in [0, 0.05) is 23.8 Å². The van der Waals surface area contributed by atoms with Crippen LogP contribution in [0, 0.1) is 0 Å². The molecule has 4 N–H and O–H groups in total. The van der Waals surface area contributed by atoms with E-state index in [2.05, 4.69) is 25.6 Å². The second-order valence-electron chi connectivity index (χ2n) is 5.54. The molecule has 1 aromatic heterocycles. The first-order valence-corrected chi connectivity index (χ1v) is 7.25. The molecule has 0 spiro atoms. The Morgan fingerprint density at radius 3 is 2.05 bits per heavy atom. The standard InChI is InChI=1S/C15H22N6O/c1-9(2)17-13-19-14(18-10(3)4)21-15(20-13)22-12-7-5-6-11(16)8-12/h5-10H,16H2,1-4H3,(H2,17,18,19,20,21). The fourth-order valence-electron chi connectivity index (χ4n) is 1.73. The minimum absolute atomic E-state index is 0.203. The van der Waals surface area contributed by atoms with Crippen molar-refractivity contribution in [2.24, 2.45) is 0 Å². The Balaban J connectivity index is 2.28. The summed E-state index contributed by atoms with van der Waals surface area (Å²) in [5.74, 6) is 1.51. The predicted octanol–water partition coefficient (Wildman–Crippen LogP) is 2.89. The zero-order valence-corrected chi connectivity index (χ0v) is 13.3. The largest absolute Gasteiger partial charge is 0.424 e. The van der Waals surface area contributed by atoms with Gasteiger partial charge in [-0.2, -0.15) is 15.0 Å². The average molecular weight is 302 g/mol. The molecule has 0 bridgehead atoms. The van der Waals surface area contributed by atoms with E-state index in [0.29, 0.717) is 23.3 Å². The third-order valence-corrected chi connectivity index (χ3v) is 2.52. The van der Waals surface area contributed by atoms with Crippen LogP contribution in [0.1, 0.15) is 27.7 Å². The van der Waals surface area contributed by atoms with Crippen molar-refractivity contribution in [2.75, 3.05) is 16.4 Å². The van der Waals surface area contributed by atoms with Crippen molar-refractivity contribution in [1.82, 2.24) is 15.0 Å². The molecule has 1 aromatic carbocycles. The van der Waals surface area contributed by atoms with Gasteiger partial charge in [0.15, 0.2) is 0 Å². The van der Waals surface area contributed by atoms with Gasteiger partial charge < -0.3 is 21.1 Å². The van der Waals surface area contributed by atoms with Crippen LogP contribution < -0.4 is 21.1 Å². The molecule has 0 aliphatic heterocycles. The van der Waals surface area contributed by atoms with E-state index < -0.39 is 0 Å². The van der Waals surface area contributed by atoms with Gasteiger partial charge in [0.1, 0.15) is 5.75 Å². The van der Waals surface area contributed by atoms with Crippen LogP contribution in [0.2, 0.25) is 0 Å². The number of rotatable bonds is 6. The van der Waals surface area contributed by atoms with E-state index in [1.54, 1.807) is 18.2 Å². The highest BCUT2D eigenvalue weighted by molar-refractivity contribution is 5.45. The van der Waals surface area contributed by atoms with Crippen LogP contribution in [0.4, 0.5) is 17.6 Å². The van der Waals surface area contributed by atoms with E-state index in [9.17, 15) is 0 Å². The number of nitrogens with two attached hydrogens (primary N) is 1. The van der Waals surface area contributed by atoms with Crippen molar-refractivity contribution in [3.8, 4) is 11.8 Å². The summed E-state index contributed by atoms with van der Waals surface area (Å²) in [6.07, 6.45) is 0. The molecule has 0 amide bonds. The number of anilines is 3. The number of aromatic nitrogens is 3. The fraction of sp³-hybridized carbons (Fsp3) is 0.400. The zero-order valence-electron chi connectivity index (χ0n) is 13.3. The quantitative estimate of drug-likeness (QED) is 0.706. The molecule has 0 atom stereocenters. The van der Waals surface area contributed by atoms with E-state index >= 15 is 0 Å². The number of hydrogen-bond donors (Lipinski definition) is 3. The summed E-state index contributed by atoms with van der Waals surface area (Å²) in [4.78, 5) is 12.9. The van der Waals surface area contributed by atoms with Gasteiger partial charge in [0.2, 0.25) is 11.9 Å². The summed E-state index contributed by atoms with van der Waals surface area (Å²) in [5, 5.41) is 6.30. The SMILES string of the molecule is CC(C)Nc1nc(NC(C)C)nc(Oc2cccc(N)c2)n1. The van der Waals surface area contributed by atoms with Gasteiger partial charge in [0.25, 0.3) is 0 Å². The monoisotopic (exact) mass is 302 g/mol. The molecule has 22 heavy (non-hydrogen) atoms. The first-order chi connectivity index (χ1) is 10.4. The molecule has 2 aromatic rings. The lowest BCUT2D eigenvalue weighted by atomic mass is 10.3. The van der Waals surface area contributed by atoms with Crippen molar-refractivity contribution < 1.29 is 4.74 Å². The van der Waals surface area contributed by atoms with Crippen LogP contribution >= 0.6 is 0 Å². The minimum Gasteiger partial charge on any atom is -0.424 e. The highest BCUT2D eigenvalue weighted by atomic mass is 16.5. The zero-order chi connectivity index (χ0) is 16.1. The van der Waals surface area contributed by atoms with E-state index in [4.69, 9.17) is 10.5 Å². The number of nitrogens with one attached hydrogen (secondary N) is 2. The highest BCUT2D eigenvalue weighted by Crippen LogP contribution is 2.22. The van der Waals surface area contributed by atoms with Crippen molar-refractivity contribution in [2.45, 2.75) is 39.8 Å². The summed E-state index contributed by atoms with van der Waals surface area (Å²) in [6.45, 7) is 8.05. The van der Waals surface area contributed by atoms with Crippen LogP contribution in [0.25, 0.3) is 0 Å². The van der Waals surface area contributed by atoms with Gasteiger partial charge in [-0.15, -0.1) is 0 Å². The van der Waals surface area contributed by atoms with Crippen molar-refractivity contribution in [3.63, 3.8) is 0 Å². The lowest BCUT2D eigenvalue weighted by Crippen LogP contribution is -2.17. The summed E-state index contributed by atoms with van der Waals surface area (Å²) >= 11 is 0. The summed E-state index contributed by atoms with van der Waals surface area (Å²) in [5.41, 5.74) is 6.36. The Morgan fingerprint density at radius 1 is 0.955 bits per heavy atom. The van der Waals surface area contributed by atoms with Crippen LogP contribution in [-0.4, -0.2) is 27.0 Å². The van der Waals surface area contributed by atoms with Gasteiger partial charge >= 0.3 is 6.01 Å². The second kappa shape index (κ2) is 6.93. The van der Waals surface area contributed by atoms with Gasteiger partial charge in [-0.25, -0.2) is 0 Å². The molecule has 7 nitrogen and oxygen atoms in total. The molecule has 0 aliphatic rings. The first kappa shape index (κ1) is 15.8. The molecule has 1 heterocycles. The maximum Gasteiger partial charge on any atom is 0.328 e. The maximum atomic E-state index is 5.75. The number of nitrogens with zero attached hydrogens (tertiary/aromatic N) is 3. The molecule has 0 fully saturated rings. The lowest BCUT2D eigenvalue weighted by Gasteiger charge is -2.13. The third kappa shape index (κ3) is 4.76. The molecule has 0 radical (unpaired) electrons. The van der Waals surface area contributed by atoms with Crippen molar-refractivity contribution in [3.05, 3.63) is 24.3 Å². The Hall–Kier alpha value is -2.57. The maximum absolute atomic E-state index is 5.75. The lowest BCUT2D eigenvalue weighted by molar-refractivity contribution is 0.441. The molecule has 0 saturated heterocycles. The average Bonchev–Trinajstić information content (AvgIpc) is 2.36. The fourth-order valence-corrected chi connectivity index (χ4v) is 1.73. The summed E-state index contributed by atoms with van der Waals surface area (Å²) in [7, 11) is 0. The van der Waals surface area contributed by atoms with Crippen LogP contribution in [-0.2, 0) is 0 Å². The van der Waals surface area contributed by atoms with Crippen LogP contribution in [0.5, 0.6) is 11.8 Å². The normalized spacial score (nSPS) is 10.8. The van der Waals surface area contributed by atoms with E-state index in [0.717, 1.165) is 0 Å². The minimum atomic E-state index is 0.203. The van der Waals surface area contributed by atoms with Gasteiger partial charge in [-0.1, -0.05) is 6.07 Å². The molecular weight excluding hydrogens is 280 g/mol. The van der Waals surface area contributed by atoms with Gasteiger partial charge in [0.05, 0.1) is 0 Å². The predicted molar refractivity (Wildman–Crippen MR) is 88.3 cm³/mol. The van der Waals surface area contributed by atoms with E-state index in [-0.39, 0.29) is 18.1 Å². The van der Waals surface area contributed by atoms with Crippen molar-refractivity contribution >= 4 is 17.6 Å². The summed E-state index contributed by atoms with van der Waals surface area (Å²) < 4.78 is 5.68. The Kier molecular flexibility index (Phi) is 4.98. The third-order valence-electron chi connectivity index (χ3n) is 2.52. The second-order valence-corrected chi connectivity index (χ2v) is 5.54. The Bertz CT molecular complexity index is 601. The summed E-state index contributed by atoms with van der Waals surface area (Å²) in [6, 6.07) is 7.74. The number of benzene rings is 1. The molecule has 118 valence electrons. The highest BCUT2D eigenvalue weighted by Gasteiger charge is 2.10. The molecular formula is C15H22N6O. The topological polar surface area (TPSA) is 98.0 Å². The first-order valence-electron chi connectivity index (χ1n) is 7.25. The Labute approximate surface area is 130 Å². The number of ether oxygens (including phenoxy) is 1. The molecule has 7 heteroatoms. The number of hydrogen-bond acceptors (Lipinski definition) is 7. The Morgan fingerprint density at radius 2 is 1.55 bits per heavy atom. The van der Waals surface area contributed by atoms with Crippen LogP contribution in [0.15, 0.2) is 24.3 Å².